The summed E-state index contributed by atoms with van der Waals surface area (Å²) < 4.78 is 23.0. The number of carbonyl (C=O) groups is 1. The fourth-order valence-electron chi connectivity index (χ4n) is 1.87. The van der Waals surface area contributed by atoms with Gasteiger partial charge in [0.05, 0.1) is 5.56 Å². The summed E-state index contributed by atoms with van der Waals surface area (Å²) in [7, 11) is 0. The second-order valence-electron chi connectivity index (χ2n) is 4.35. The van der Waals surface area contributed by atoms with Gasteiger partial charge in [-0.25, -0.2) is 14.0 Å². The van der Waals surface area contributed by atoms with E-state index in [1.54, 1.807) is 18.2 Å². The Morgan fingerprint density at radius 1 is 1.00 bits per heavy atom. The number of hydrogen-bond acceptors (Lipinski definition) is 4. The molecular weight excluding hydrogens is 275 g/mol. The van der Waals surface area contributed by atoms with E-state index in [2.05, 4.69) is 0 Å². The zero-order chi connectivity index (χ0) is 14.8. The van der Waals surface area contributed by atoms with Gasteiger partial charge in [-0.1, -0.05) is 0 Å². The molecule has 1 aromatic heterocycles. The Kier molecular flexibility index (Phi) is 3.23. The van der Waals surface area contributed by atoms with Gasteiger partial charge in [-0.05, 0) is 48.5 Å². The summed E-state index contributed by atoms with van der Waals surface area (Å²) in [5.74, 6) is -0.704. The van der Waals surface area contributed by atoms with Crippen LogP contribution in [0.5, 0.6) is 5.75 Å². The lowest BCUT2D eigenvalue weighted by molar-refractivity contribution is 0.0735. The molecule has 0 radical (unpaired) electrons. The first-order valence-electron chi connectivity index (χ1n) is 6.13. The Morgan fingerprint density at radius 3 is 2.52 bits per heavy atom. The number of esters is 1. The van der Waals surface area contributed by atoms with Crippen LogP contribution in [0.2, 0.25) is 0 Å². The quantitative estimate of drug-likeness (QED) is 0.412. The Labute approximate surface area is 118 Å². The standard InChI is InChI=1S/C16H9FO4/c17-12-4-1-10(2-5-12)16(19)20-13-6-7-14-11(9-13)3-8-15(18)21-14/h1-9H. The van der Waals surface area contributed by atoms with Crippen molar-refractivity contribution < 1.29 is 18.3 Å². The zero-order valence-corrected chi connectivity index (χ0v) is 10.7. The number of hydrogen-bond donors (Lipinski definition) is 0. The maximum atomic E-state index is 12.8. The third-order valence-electron chi connectivity index (χ3n) is 2.88. The Hall–Kier alpha value is -2.95. The van der Waals surface area contributed by atoms with Crippen molar-refractivity contribution in [2.45, 2.75) is 0 Å². The van der Waals surface area contributed by atoms with E-state index in [1.807, 2.05) is 0 Å². The molecule has 3 aromatic rings. The largest absolute Gasteiger partial charge is 0.423 e. The minimum Gasteiger partial charge on any atom is -0.423 e. The van der Waals surface area contributed by atoms with Gasteiger partial charge in [-0.2, -0.15) is 0 Å². The molecule has 0 aliphatic rings. The molecule has 0 amide bonds. The maximum absolute atomic E-state index is 12.8. The molecule has 0 aliphatic heterocycles. The van der Waals surface area contributed by atoms with Crippen LogP contribution in [0.1, 0.15) is 10.4 Å². The minimum atomic E-state index is -0.591. The summed E-state index contributed by atoms with van der Waals surface area (Å²) in [6, 6.07) is 12.6. The predicted octanol–water partition coefficient (Wildman–Crippen LogP) is 3.15. The highest BCUT2D eigenvalue weighted by Gasteiger charge is 2.09. The van der Waals surface area contributed by atoms with Gasteiger partial charge in [0.1, 0.15) is 17.1 Å². The van der Waals surface area contributed by atoms with Crippen LogP contribution in [0.15, 0.2) is 63.8 Å². The molecule has 0 fully saturated rings. The SMILES string of the molecule is O=C(Oc1ccc2oc(=O)ccc2c1)c1ccc(F)cc1. The van der Waals surface area contributed by atoms with Crippen LogP contribution in [-0.4, -0.2) is 5.97 Å². The van der Waals surface area contributed by atoms with Crippen molar-refractivity contribution in [3.8, 4) is 5.75 Å². The molecule has 2 aromatic carbocycles. The molecule has 0 aliphatic carbocycles. The highest BCUT2D eigenvalue weighted by atomic mass is 19.1. The van der Waals surface area contributed by atoms with Gasteiger partial charge in [0.15, 0.2) is 0 Å². The van der Waals surface area contributed by atoms with Crippen LogP contribution in [0.3, 0.4) is 0 Å². The smallest absolute Gasteiger partial charge is 0.343 e. The third kappa shape index (κ3) is 2.81. The fourth-order valence-corrected chi connectivity index (χ4v) is 1.87. The van der Waals surface area contributed by atoms with Gasteiger partial charge in [0.2, 0.25) is 0 Å². The molecule has 5 heteroatoms. The van der Waals surface area contributed by atoms with Crippen molar-refractivity contribution in [1.29, 1.82) is 0 Å². The van der Waals surface area contributed by atoms with Crippen molar-refractivity contribution in [3.63, 3.8) is 0 Å². The van der Waals surface area contributed by atoms with Gasteiger partial charge in [-0.3, -0.25) is 0 Å². The maximum Gasteiger partial charge on any atom is 0.343 e. The molecule has 0 atom stereocenters. The van der Waals surface area contributed by atoms with Crippen molar-refractivity contribution >= 4 is 16.9 Å². The average Bonchev–Trinajstić information content (AvgIpc) is 2.48. The summed E-state index contributed by atoms with van der Waals surface area (Å²) in [4.78, 5) is 23.0. The molecule has 21 heavy (non-hydrogen) atoms. The third-order valence-corrected chi connectivity index (χ3v) is 2.88. The topological polar surface area (TPSA) is 56.5 Å². The van der Waals surface area contributed by atoms with Crippen LogP contribution in [-0.2, 0) is 0 Å². The Bertz CT molecular complexity index is 865. The second-order valence-corrected chi connectivity index (χ2v) is 4.35. The van der Waals surface area contributed by atoms with E-state index in [-0.39, 0.29) is 5.56 Å². The zero-order valence-electron chi connectivity index (χ0n) is 10.7. The first-order chi connectivity index (χ1) is 10.1. The van der Waals surface area contributed by atoms with Crippen LogP contribution >= 0.6 is 0 Å². The molecule has 1 heterocycles. The van der Waals surface area contributed by atoms with Gasteiger partial charge in [0, 0.05) is 11.5 Å². The normalized spacial score (nSPS) is 10.5. The number of carbonyl (C=O) groups excluding carboxylic acids is 1. The molecule has 0 saturated heterocycles. The van der Waals surface area contributed by atoms with Gasteiger partial charge >= 0.3 is 11.6 Å². The van der Waals surface area contributed by atoms with Crippen LogP contribution < -0.4 is 10.4 Å². The van der Waals surface area contributed by atoms with E-state index in [1.165, 1.54) is 36.4 Å². The molecular formula is C16H9FO4. The summed E-state index contributed by atoms with van der Waals surface area (Å²) in [6.07, 6.45) is 0. The van der Waals surface area contributed by atoms with Gasteiger partial charge in [-0.15, -0.1) is 0 Å². The Balaban J connectivity index is 1.87. The molecule has 3 rings (SSSR count). The predicted molar refractivity (Wildman–Crippen MR) is 73.8 cm³/mol. The van der Waals surface area contributed by atoms with Gasteiger partial charge in [0.25, 0.3) is 0 Å². The average molecular weight is 284 g/mol. The minimum absolute atomic E-state index is 0.246. The van der Waals surface area contributed by atoms with Crippen LogP contribution in [0, 0.1) is 5.82 Å². The fraction of sp³-hybridized carbons (Fsp3) is 0. The Morgan fingerprint density at radius 2 is 1.76 bits per heavy atom. The first kappa shape index (κ1) is 13.1. The van der Waals surface area contributed by atoms with Crippen molar-refractivity contribution in [3.05, 3.63) is 76.4 Å². The van der Waals surface area contributed by atoms with E-state index in [0.29, 0.717) is 16.7 Å². The van der Waals surface area contributed by atoms with Crippen LogP contribution in [0.4, 0.5) is 4.39 Å². The summed E-state index contributed by atoms with van der Waals surface area (Å²) in [5.41, 5.74) is 0.207. The van der Waals surface area contributed by atoms with Crippen molar-refractivity contribution in [2.75, 3.05) is 0 Å². The molecule has 0 spiro atoms. The van der Waals surface area contributed by atoms with Gasteiger partial charge < -0.3 is 9.15 Å². The number of ether oxygens (including phenoxy) is 1. The molecule has 0 bridgehead atoms. The summed E-state index contributed by atoms with van der Waals surface area (Å²) >= 11 is 0. The lowest BCUT2D eigenvalue weighted by atomic mass is 10.2. The molecule has 4 nitrogen and oxygen atoms in total. The number of rotatable bonds is 2. The first-order valence-corrected chi connectivity index (χ1v) is 6.13. The summed E-state index contributed by atoms with van der Waals surface area (Å²) in [5, 5.41) is 0.638. The van der Waals surface area contributed by atoms with Crippen LogP contribution in [0.25, 0.3) is 11.0 Å². The molecule has 0 unspecified atom stereocenters. The number of halogens is 1. The summed E-state index contributed by atoms with van der Waals surface area (Å²) in [6.45, 7) is 0. The molecule has 104 valence electrons. The lowest BCUT2D eigenvalue weighted by Gasteiger charge is -2.05. The molecule has 0 saturated carbocycles. The monoisotopic (exact) mass is 284 g/mol. The molecule has 0 N–H and O–H groups in total. The number of fused-ring (bicyclic) bond motifs is 1. The highest BCUT2D eigenvalue weighted by Crippen LogP contribution is 2.20. The second kappa shape index (κ2) is 5.20. The van der Waals surface area contributed by atoms with Crippen molar-refractivity contribution in [1.82, 2.24) is 0 Å². The van der Waals surface area contributed by atoms with E-state index >= 15 is 0 Å². The van der Waals surface area contributed by atoms with E-state index in [9.17, 15) is 14.0 Å². The lowest BCUT2D eigenvalue weighted by Crippen LogP contribution is -2.08. The van der Waals surface area contributed by atoms with E-state index in [4.69, 9.17) is 9.15 Å². The van der Waals surface area contributed by atoms with E-state index < -0.39 is 17.4 Å². The number of benzene rings is 2. The highest BCUT2D eigenvalue weighted by molar-refractivity contribution is 5.91. The van der Waals surface area contributed by atoms with Crippen molar-refractivity contribution in [2.24, 2.45) is 0 Å². The van der Waals surface area contributed by atoms with E-state index in [0.717, 1.165) is 0 Å².